The van der Waals surface area contributed by atoms with Crippen molar-refractivity contribution < 1.29 is 4.79 Å². The molecule has 0 aromatic heterocycles. The van der Waals surface area contributed by atoms with E-state index in [0.29, 0.717) is 17.9 Å². The first-order valence-corrected chi connectivity index (χ1v) is 7.18. The Labute approximate surface area is 117 Å². The lowest BCUT2D eigenvalue weighted by Crippen LogP contribution is -2.38. The second kappa shape index (κ2) is 6.76. The normalized spacial score (nSPS) is 28.6. The van der Waals surface area contributed by atoms with Crippen molar-refractivity contribution in [2.75, 3.05) is 13.1 Å². The highest BCUT2D eigenvalue weighted by atomic mass is 35.5. The molecule has 0 aliphatic heterocycles. The number of carbonyl (C=O) groups excluding carboxylic acids is 1. The quantitative estimate of drug-likeness (QED) is 0.782. The highest BCUT2D eigenvalue weighted by molar-refractivity contribution is 5.85. The van der Waals surface area contributed by atoms with E-state index >= 15 is 0 Å². The fourth-order valence-corrected chi connectivity index (χ4v) is 3.29. The largest absolute Gasteiger partial charge is 0.355 e. The van der Waals surface area contributed by atoms with Gasteiger partial charge in [0.2, 0.25) is 5.91 Å². The Morgan fingerprint density at radius 3 is 2.67 bits per heavy atom. The lowest BCUT2D eigenvalue weighted by molar-refractivity contribution is -0.126. The second-order valence-corrected chi connectivity index (χ2v) is 6.00. The number of hydrogen-bond donors (Lipinski definition) is 2. The summed E-state index contributed by atoms with van der Waals surface area (Å²) in [7, 11) is 0. The molecule has 0 bridgehead atoms. The molecule has 0 unspecified atom stereocenters. The molecule has 3 N–H and O–H groups in total. The van der Waals surface area contributed by atoms with Crippen LogP contribution in [0, 0.1) is 17.3 Å². The van der Waals surface area contributed by atoms with Crippen molar-refractivity contribution in [3.05, 3.63) is 0 Å². The van der Waals surface area contributed by atoms with E-state index in [9.17, 15) is 4.79 Å². The summed E-state index contributed by atoms with van der Waals surface area (Å²) < 4.78 is 0. The van der Waals surface area contributed by atoms with E-state index in [1.165, 1.54) is 32.1 Å². The third-order valence-electron chi connectivity index (χ3n) is 4.67. The van der Waals surface area contributed by atoms with Gasteiger partial charge in [-0.3, -0.25) is 4.79 Å². The molecule has 18 heavy (non-hydrogen) atoms. The lowest BCUT2D eigenvalue weighted by atomic mass is 9.94. The van der Waals surface area contributed by atoms with Crippen LogP contribution in [0.25, 0.3) is 0 Å². The molecule has 106 valence electrons. The number of hydrogen-bond acceptors (Lipinski definition) is 2. The zero-order chi connectivity index (χ0) is 12.3. The molecule has 3 nitrogen and oxygen atoms in total. The Balaban J connectivity index is 0.00000162. The Bertz CT molecular complexity index is 279. The number of nitrogens with one attached hydrogen (secondary N) is 1. The SMILES string of the molecule is CCCC1(CNC(=O)[C@@H]2CCC[C@@H]2CN)CC1.Cl. The third kappa shape index (κ3) is 3.61. The monoisotopic (exact) mass is 274 g/mol. The Hall–Kier alpha value is -0.280. The van der Waals surface area contributed by atoms with Gasteiger partial charge in [-0.2, -0.15) is 0 Å². The summed E-state index contributed by atoms with van der Waals surface area (Å²) in [6.07, 6.45) is 8.42. The maximum absolute atomic E-state index is 12.1. The van der Waals surface area contributed by atoms with Crippen LogP contribution in [0.15, 0.2) is 0 Å². The van der Waals surface area contributed by atoms with Crippen molar-refractivity contribution in [2.45, 2.75) is 51.9 Å². The average Bonchev–Trinajstić information content (AvgIpc) is 2.93. The number of amides is 1. The van der Waals surface area contributed by atoms with Gasteiger partial charge in [-0.05, 0) is 50.0 Å². The van der Waals surface area contributed by atoms with Gasteiger partial charge in [0.25, 0.3) is 0 Å². The zero-order valence-electron chi connectivity index (χ0n) is 11.4. The second-order valence-electron chi connectivity index (χ2n) is 6.00. The molecule has 2 fully saturated rings. The Morgan fingerprint density at radius 2 is 2.11 bits per heavy atom. The topological polar surface area (TPSA) is 55.1 Å². The average molecular weight is 275 g/mol. The fourth-order valence-electron chi connectivity index (χ4n) is 3.29. The van der Waals surface area contributed by atoms with Gasteiger partial charge in [0.15, 0.2) is 0 Å². The summed E-state index contributed by atoms with van der Waals surface area (Å²) in [5.74, 6) is 0.883. The zero-order valence-corrected chi connectivity index (χ0v) is 12.2. The van der Waals surface area contributed by atoms with Crippen molar-refractivity contribution in [3.8, 4) is 0 Å². The third-order valence-corrected chi connectivity index (χ3v) is 4.67. The predicted octanol–water partition coefficient (Wildman–Crippen LogP) is 2.48. The molecule has 0 radical (unpaired) electrons. The van der Waals surface area contributed by atoms with Crippen LogP contribution in [-0.4, -0.2) is 19.0 Å². The molecule has 2 aliphatic carbocycles. The molecule has 0 spiro atoms. The van der Waals surface area contributed by atoms with Crippen LogP contribution in [0.1, 0.15) is 51.9 Å². The molecule has 0 aromatic carbocycles. The van der Waals surface area contributed by atoms with Crippen molar-refractivity contribution in [1.82, 2.24) is 5.32 Å². The summed E-state index contributed by atoms with van der Waals surface area (Å²) in [5.41, 5.74) is 6.18. The van der Waals surface area contributed by atoms with Gasteiger partial charge in [0.1, 0.15) is 0 Å². The van der Waals surface area contributed by atoms with Gasteiger partial charge in [-0.15, -0.1) is 12.4 Å². The lowest BCUT2D eigenvalue weighted by Gasteiger charge is -2.20. The molecule has 1 amide bonds. The van der Waals surface area contributed by atoms with Gasteiger partial charge < -0.3 is 11.1 Å². The molecule has 2 aliphatic rings. The number of nitrogens with two attached hydrogens (primary N) is 1. The van der Waals surface area contributed by atoms with E-state index < -0.39 is 0 Å². The standard InChI is InChI=1S/C14H26N2O.ClH/c1-2-6-14(7-8-14)10-16-13(17)12-5-3-4-11(12)9-15;/h11-12H,2-10,15H2,1H3,(H,16,17);1H/t11-,12-;/m1./s1. The van der Waals surface area contributed by atoms with Crippen LogP contribution in [0.5, 0.6) is 0 Å². The molecule has 0 heterocycles. The van der Waals surface area contributed by atoms with E-state index in [2.05, 4.69) is 12.2 Å². The molecule has 4 heteroatoms. The van der Waals surface area contributed by atoms with Crippen LogP contribution >= 0.6 is 12.4 Å². The minimum atomic E-state index is 0. The minimum Gasteiger partial charge on any atom is -0.355 e. The van der Waals surface area contributed by atoms with Gasteiger partial charge in [0, 0.05) is 12.5 Å². The van der Waals surface area contributed by atoms with E-state index in [0.717, 1.165) is 19.4 Å². The molecule has 0 aromatic rings. The predicted molar refractivity (Wildman–Crippen MR) is 76.7 cm³/mol. The summed E-state index contributed by atoms with van der Waals surface area (Å²) in [6.45, 7) is 3.79. The summed E-state index contributed by atoms with van der Waals surface area (Å²) in [6, 6.07) is 0. The summed E-state index contributed by atoms with van der Waals surface area (Å²) in [4.78, 5) is 12.1. The van der Waals surface area contributed by atoms with E-state index in [1.807, 2.05) is 0 Å². The molecule has 2 saturated carbocycles. The van der Waals surface area contributed by atoms with Gasteiger partial charge in [-0.1, -0.05) is 19.8 Å². The van der Waals surface area contributed by atoms with Crippen LogP contribution in [0.4, 0.5) is 0 Å². The summed E-state index contributed by atoms with van der Waals surface area (Å²) in [5, 5.41) is 3.18. The maximum Gasteiger partial charge on any atom is 0.223 e. The molecular weight excluding hydrogens is 248 g/mol. The fraction of sp³-hybridized carbons (Fsp3) is 0.929. The van der Waals surface area contributed by atoms with E-state index in [4.69, 9.17) is 5.73 Å². The first-order valence-electron chi connectivity index (χ1n) is 7.18. The first-order chi connectivity index (χ1) is 8.21. The number of carbonyl (C=O) groups is 1. The van der Waals surface area contributed by atoms with Crippen molar-refractivity contribution in [3.63, 3.8) is 0 Å². The maximum atomic E-state index is 12.1. The number of halogens is 1. The van der Waals surface area contributed by atoms with Crippen LogP contribution in [0.3, 0.4) is 0 Å². The Kier molecular flexibility index (Phi) is 5.93. The van der Waals surface area contributed by atoms with Crippen LogP contribution < -0.4 is 11.1 Å². The van der Waals surface area contributed by atoms with Crippen LogP contribution in [-0.2, 0) is 4.79 Å². The summed E-state index contributed by atoms with van der Waals surface area (Å²) >= 11 is 0. The van der Waals surface area contributed by atoms with Crippen molar-refractivity contribution in [2.24, 2.45) is 23.0 Å². The van der Waals surface area contributed by atoms with Crippen LogP contribution in [0.2, 0.25) is 0 Å². The van der Waals surface area contributed by atoms with Gasteiger partial charge in [0.05, 0.1) is 0 Å². The van der Waals surface area contributed by atoms with E-state index in [1.54, 1.807) is 0 Å². The van der Waals surface area contributed by atoms with Gasteiger partial charge in [-0.25, -0.2) is 0 Å². The molecule has 2 rings (SSSR count). The smallest absolute Gasteiger partial charge is 0.223 e. The number of rotatable bonds is 6. The highest BCUT2D eigenvalue weighted by Crippen LogP contribution is 2.49. The molecule has 0 saturated heterocycles. The minimum absolute atomic E-state index is 0. The van der Waals surface area contributed by atoms with E-state index in [-0.39, 0.29) is 24.2 Å². The van der Waals surface area contributed by atoms with Crippen molar-refractivity contribution in [1.29, 1.82) is 0 Å². The van der Waals surface area contributed by atoms with Gasteiger partial charge >= 0.3 is 0 Å². The molecular formula is C14H27ClN2O. The first kappa shape index (κ1) is 15.8. The van der Waals surface area contributed by atoms with Crippen molar-refractivity contribution >= 4 is 18.3 Å². The molecule has 2 atom stereocenters. The Morgan fingerprint density at radius 1 is 1.39 bits per heavy atom. The highest BCUT2D eigenvalue weighted by Gasteiger charge is 2.42.